The summed E-state index contributed by atoms with van der Waals surface area (Å²) >= 11 is 0. The van der Waals surface area contributed by atoms with Crippen molar-refractivity contribution in [2.75, 3.05) is 12.4 Å². The number of benzene rings is 1. The van der Waals surface area contributed by atoms with E-state index in [2.05, 4.69) is 40.2 Å². The van der Waals surface area contributed by atoms with Gasteiger partial charge in [-0.25, -0.2) is 0 Å². The first-order chi connectivity index (χ1) is 13.0. The number of aromatic nitrogens is 2. The van der Waals surface area contributed by atoms with E-state index >= 15 is 0 Å². The minimum atomic E-state index is -0.129. The first kappa shape index (κ1) is 18.7. The number of carbonyl (C=O) groups is 1. The van der Waals surface area contributed by atoms with Crippen molar-refractivity contribution in [3.05, 3.63) is 89.5 Å². The summed E-state index contributed by atoms with van der Waals surface area (Å²) < 4.78 is 0. The van der Waals surface area contributed by atoms with Crippen LogP contribution >= 0.6 is 0 Å². The van der Waals surface area contributed by atoms with Crippen molar-refractivity contribution >= 4 is 11.6 Å². The highest BCUT2D eigenvalue weighted by Crippen LogP contribution is 2.20. The van der Waals surface area contributed by atoms with Crippen LogP contribution in [0.3, 0.4) is 0 Å². The molecule has 0 saturated heterocycles. The van der Waals surface area contributed by atoms with Gasteiger partial charge < -0.3 is 5.32 Å². The number of hydrogen-bond acceptors (Lipinski definition) is 4. The maximum atomic E-state index is 12.6. The Morgan fingerprint density at radius 3 is 2.67 bits per heavy atom. The zero-order valence-corrected chi connectivity index (χ0v) is 15.9. The SMILES string of the molecule is Cc1ccncc1NC(=O)c1cccc(CN(C)[C@@H](C)c2cccnc2)c1. The number of amides is 1. The lowest BCUT2D eigenvalue weighted by Crippen LogP contribution is -2.22. The number of pyridine rings is 2. The molecule has 138 valence electrons. The van der Waals surface area contributed by atoms with Crippen LogP contribution in [0, 0.1) is 6.92 Å². The Balaban J connectivity index is 1.70. The molecular weight excluding hydrogens is 336 g/mol. The van der Waals surface area contributed by atoms with Crippen molar-refractivity contribution in [2.24, 2.45) is 0 Å². The Bertz CT molecular complexity index is 911. The highest BCUT2D eigenvalue weighted by atomic mass is 16.1. The van der Waals surface area contributed by atoms with Crippen LogP contribution in [0.5, 0.6) is 0 Å². The lowest BCUT2D eigenvalue weighted by Gasteiger charge is -2.25. The van der Waals surface area contributed by atoms with Gasteiger partial charge in [0.15, 0.2) is 0 Å². The van der Waals surface area contributed by atoms with E-state index in [9.17, 15) is 4.79 Å². The van der Waals surface area contributed by atoms with E-state index in [1.54, 1.807) is 18.6 Å². The quantitative estimate of drug-likeness (QED) is 0.715. The summed E-state index contributed by atoms with van der Waals surface area (Å²) in [4.78, 5) is 23.1. The number of aryl methyl sites for hydroxylation is 1. The fourth-order valence-corrected chi connectivity index (χ4v) is 2.90. The van der Waals surface area contributed by atoms with Gasteiger partial charge in [-0.3, -0.25) is 19.7 Å². The molecule has 1 N–H and O–H groups in total. The Morgan fingerprint density at radius 1 is 1.11 bits per heavy atom. The van der Waals surface area contributed by atoms with E-state index in [1.807, 2.05) is 49.5 Å². The van der Waals surface area contributed by atoms with Crippen LogP contribution in [0.15, 0.2) is 67.3 Å². The zero-order valence-electron chi connectivity index (χ0n) is 15.9. The van der Waals surface area contributed by atoms with Crippen LogP contribution in [-0.4, -0.2) is 27.8 Å². The number of nitrogens with zero attached hydrogens (tertiary/aromatic N) is 3. The summed E-state index contributed by atoms with van der Waals surface area (Å²) in [6, 6.07) is 13.9. The van der Waals surface area contributed by atoms with Gasteiger partial charge in [-0.2, -0.15) is 0 Å². The number of anilines is 1. The lowest BCUT2D eigenvalue weighted by atomic mass is 10.1. The summed E-state index contributed by atoms with van der Waals surface area (Å²) in [6.45, 7) is 4.84. The fraction of sp³-hybridized carbons (Fsp3) is 0.227. The van der Waals surface area contributed by atoms with E-state index in [4.69, 9.17) is 0 Å². The molecule has 1 aromatic carbocycles. The van der Waals surface area contributed by atoms with E-state index in [0.717, 1.165) is 23.4 Å². The molecule has 0 saturated carbocycles. The van der Waals surface area contributed by atoms with Crippen LogP contribution in [0.4, 0.5) is 5.69 Å². The predicted molar refractivity (Wildman–Crippen MR) is 107 cm³/mol. The van der Waals surface area contributed by atoms with Gasteiger partial charge in [0, 0.05) is 36.7 Å². The minimum absolute atomic E-state index is 0.129. The van der Waals surface area contributed by atoms with Gasteiger partial charge in [-0.1, -0.05) is 18.2 Å². The first-order valence-electron chi connectivity index (χ1n) is 8.95. The molecule has 3 aromatic rings. The van der Waals surface area contributed by atoms with Gasteiger partial charge in [0.1, 0.15) is 0 Å². The van der Waals surface area contributed by atoms with Crippen molar-refractivity contribution in [2.45, 2.75) is 26.4 Å². The molecular formula is C22H24N4O. The van der Waals surface area contributed by atoms with Crippen molar-refractivity contribution in [1.29, 1.82) is 0 Å². The largest absolute Gasteiger partial charge is 0.320 e. The second kappa shape index (κ2) is 8.56. The van der Waals surface area contributed by atoms with Gasteiger partial charge >= 0.3 is 0 Å². The second-order valence-electron chi connectivity index (χ2n) is 6.72. The summed E-state index contributed by atoms with van der Waals surface area (Å²) in [5, 5.41) is 2.93. The number of hydrogen-bond donors (Lipinski definition) is 1. The topological polar surface area (TPSA) is 58.1 Å². The molecule has 0 aliphatic heterocycles. The standard InChI is InChI=1S/C22H24N4O/c1-16-9-11-24-14-21(16)25-22(27)19-7-4-6-18(12-19)15-26(3)17(2)20-8-5-10-23-13-20/h4-14,17H,15H2,1-3H3,(H,25,27)/t17-/m0/s1. The molecule has 5 heteroatoms. The van der Waals surface area contributed by atoms with E-state index in [1.165, 1.54) is 5.56 Å². The summed E-state index contributed by atoms with van der Waals surface area (Å²) in [5.74, 6) is -0.129. The second-order valence-corrected chi connectivity index (χ2v) is 6.72. The molecule has 0 bridgehead atoms. The molecule has 0 spiro atoms. The van der Waals surface area contributed by atoms with Gasteiger partial charge in [0.25, 0.3) is 5.91 Å². The summed E-state index contributed by atoms with van der Waals surface area (Å²) in [5.41, 5.74) is 4.61. The van der Waals surface area contributed by atoms with Gasteiger partial charge in [0.05, 0.1) is 11.9 Å². The molecule has 1 atom stereocenters. The molecule has 5 nitrogen and oxygen atoms in total. The van der Waals surface area contributed by atoms with E-state index in [-0.39, 0.29) is 11.9 Å². The third-order valence-corrected chi connectivity index (χ3v) is 4.74. The molecule has 1 amide bonds. The van der Waals surface area contributed by atoms with E-state index < -0.39 is 0 Å². The average Bonchev–Trinajstić information content (AvgIpc) is 2.70. The smallest absolute Gasteiger partial charge is 0.255 e. The predicted octanol–water partition coefficient (Wildman–Crippen LogP) is 4.23. The number of nitrogens with one attached hydrogen (secondary N) is 1. The summed E-state index contributed by atoms with van der Waals surface area (Å²) in [6.07, 6.45) is 7.05. The molecule has 0 radical (unpaired) electrons. The molecule has 0 unspecified atom stereocenters. The van der Waals surface area contributed by atoms with Crippen LogP contribution in [0.2, 0.25) is 0 Å². The van der Waals surface area contributed by atoms with Crippen molar-refractivity contribution in [3.8, 4) is 0 Å². The van der Waals surface area contributed by atoms with Crippen LogP contribution in [0.1, 0.15) is 40.0 Å². The highest BCUT2D eigenvalue weighted by molar-refractivity contribution is 6.04. The maximum Gasteiger partial charge on any atom is 0.255 e. The minimum Gasteiger partial charge on any atom is -0.320 e. The zero-order chi connectivity index (χ0) is 19.2. The number of carbonyl (C=O) groups excluding carboxylic acids is 1. The van der Waals surface area contributed by atoms with E-state index in [0.29, 0.717) is 5.56 Å². The fourth-order valence-electron chi connectivity index (χ4n) is 2.90. The van der Waals surface area contributed by atoms with Crippen molar-refractivity contribution in [1.82, 2.24) is 14.9 Å². The van der Waals surface area contributed by atoms with Gasteiger partial charge in [0.2, 0.25) is 0 Å². The third kappa shape index (κ3) is 4.77. The van der Waals surface area contributed by atoms with Crippen LogP contribution < -0.4 is 5.32 Å². The highest BCUT2D eigenvalue weighted by Gasteiger charge is 2.13. The Kier molecular flexibility index (Phi) is 5.94. The molecule has 27 heavy (non-hydrogen) atoms. The molecule has 2 heterocycles. The van der Waals surface area contributed by atoms with Crippen molar-refractivity contribution in [3.63, 3.8) is 0 Å². The molecule has 0 aliphatic carbocycles. The first-order valence-corrected chi connectivity index (χ1v) is 8.95. The Morgan fingerprint density at radius 2 is 1.93 bits per heavy atom. The number of rotatable bonds is 6. The Hall–Kier alpha value is -3.05. The molecule has 0 aliphatic rings. The van der Waals surface area contributed by atoms with Gasteiger partial charge in [-0.05, 0) is 61.9 Å². The molecule has 2 aromatic heterocycles. The van der Waals surface area contributed by atoms with Crippen molar-refractivity contribution < 1.29 is 4.79 Å². The third-order valence-electron chi connectivity index (χ3n) is 4.74. The molecule has 0 fully saturated rings. The monoisotopic (exact) mass is 360 g/mol. The Labute approximate surface area is 160 Å². The summed E-state index contributed by atoms with van der Waals surface area (Å²) in [7, 11) is 2.07. The molecule has 3 rings (SSSR count). The average molecular weight is 360 g/mol. The van der Waals surface area contributed by atoms with Crippen LogP contribution in [0.25, 0.3) is 0 Å². The van der Waals surface area contributed by atoms with Crippen LogP contribution in [-0.2, 0) is 6.54 Å². The lowest BCUT2D eigenvalue weighted by molar-refractivity contribution is 0.102. The maximum absolute atomic E-state index is 12.6. The van der Waals surface area contributed by atoms with Gasteiger partial charge in [-0.15, -0.1) is 0 Å². The normalized spacial score (nSPS) is 12.0.